The van der Waals surface area contributed by atoms with Gasteiger partial charge in [-0.2, -0.15) is 5.26 Å². The van der Waals surface area contributed by atoms with E-state index in [-0.39, 0.29) is 12.4 Å². The maximum atomic E-state index is 13.0. The molecular formula is C15H12ClFN2O. The summed E-state index contributed by atoms with van der Waals surface area (Å²) in [6.07, 6.45) is -0.833. The molecule has 2 aromatic rings. The molecule has 2 rings (SSSR count). The van der Waals surface area contributed by atoms with Gasteiger partial charge in [0.15, 0.2) is 0 Å². The number of nitriles is 1. The first kappa shape index (κ1) is 14.3. The Morgan fingerprint density at radius 2 is 2.10 bits per heavy atom. The molecule has 1 atom stereocenters. The van der Waals surface area contributed by atoms with Crippen LogP contribution in [0.2, 0.25) is 5.02 Å². The molecule has 1 unspecified atom stereocenters. The maximum Gasteiger partial charge on any atom is 0.123 e. The van der Waals surface area contributed by atoms with Gasteiger partial charge in [0, 0.05) is 12.2 Å². The molecule has 0 radical (unpaired) electrons. The number of hydrogen-bond acceptors (Lipinski definition) is 3. The molecule has 2 aromatic carbocycles. The van der Waals surface area contributed by atoms with Crippen molar-refractivity contribution < 1.29 is 9.50 Å². The number of anilines is 1. The van der Waals surface area contributed by atoms with E-state index in [0.717, 1.165) is 0 Å². The number of benzene rings is 2. The molecule has 3 nitrogen and oxygen atoms in total. The Hall–Kier alpha value is -2.09. The molecule has 0 heterocycles. The van der Waals surface area contributed by atoms with Crippen LogP contribution in [0.3, 0.4) is 0 Å². The van der Waals surface area contributed by atoms with E-state index in [0.29, 0.717) is 21.8 Å². The Kier molecular flexibility index (Phi) is 4.57. The molecule has 0 bridgehead atoms. The summed E-state index contributed by atoms with van der Waals surface area (Å²) in [7, 11) is 0. The van der Waals surface area contributed by atoms with E-state index in [1.807, 2.05) is 6.07 Å². The Bertz CT molecular complexity index is 655. The number of aliphatic hydroxyl groups is 1. The van der Waals surface area contributed by atoms with Crippen LogP contribution < -0.4 is 5.32 Å². The average Bonchev–Trinajstić information content (AvgIpc) is 2.45. The van der Waals surface area contributed by atoms with Crippen LogP contribution in [0.5, 0.6) is 0 Å². The highest BCUT2D eigenvalue weighted by Gasteiger charge is 2.08. The molecule has 2 N–H and O–H groups in total. The Balaban J connectivity index is 2.02. The monoisotopic (exact) mass is 290 g/mol. The summed E-state index contributed by atoms with van der Waals surface area (Å²) in [5.74, 6) is -0.386. The van der Waals surface area contributed by atoms with Crippen LogP contribution in [0.15, 0.2) is 42.5 Å². The van der Waals surface area contributed by atoms with Gasteiger partial charge in [-0.3, -0.25) is 0 Å². The molecule has 0 saturated heterocycles. The number of nitrogens with zero attached hydrogens (tertiary/aromatic N) is 1. The van der Waals surface area contributed by atoms with Gasteiger partial charge in [0.1, 0.15) is 11.9 Å². The fourth-order valence-corrected chi connectivity index (χ4v) is 1.98. The molecule has 5 heteroatoms. The molecule has 20 heavy (non-hydrogen) atoms. The second kappa shape index (κ2) is 6.38. The molecular weight excluding hydrogens is 279 g/mol. The highest BCUT2D eigenvalue weighted by Crippen LogP contribution is 2.21. The van der Waals surface area contributed by atoms with E-state index < -0.39 is 6.10 Å². The summed E-state index contributed by atoms with van der Waals surface area (Å²) in [5, 5.41) is 22.1. The normalized spacial score (nSPS) is 11.7. The highest BCUT2D eigenvalue weighted by molar-refractivity contribution is 6.32. The lowest BCUT2D eigenvalue weighted by atomic mass is 10.1. The molecule has 0 aliphatic heterocycles. The van der Waals surface area contributed by atoms with Gasteiger partial charge in [-0.25, -0.2) is 4.39 Å². The minimum Gasteiger partial charge on any atom is -0.387 e. The van der Waals surface area contributed by atoms with Gasteiger partial charge in [-0.05, 0) is 35.9 Å². The zero-order valence-electron chi connectivity index (χ0n) is 10.5. The maximum absolute atomic E-state index is 13.0. The third-order valence-electron chi connectivity index (χ3n) is 2.82. The lowest BCUT2D eigenvalue weighted by molar-refractivity contribution is 0.191. The Morgan fingerprint density at radius 3 is 2.75 bits per heavy atom. The molecule has 0 aliphatic carbocycles. The summed E-state index contributed by atoms with van der Waals surface area (Å²) in [5.41, 5.74) is 1.57. The van der Waals surface area contributed by atoms with Crippen LogP contribution >= 0.6 is 11.6 Å². The van der Waals surface area contributed by atoms with E-state index in [2.05, 4.69) is 5.32 Å². The summed E-state index contributed by atoms with van der Waals surface area (Å²) >= 11 is 5.91. The van der Waals surface area contributed by atoms with Gasteiger partial charge in [0.25, 0.3) is 0 Å². The zero-order valence-corrected chi connectivity index (χ0v) is 11.2. The first-order valence-corrected chi connectivity index (χ1v) is 6.35. The van der Waals surface area contributed by atoms with Gasteiger partial charge in [0.2, 0.25) is 0 Å². The smallest absolute Gasteiger partial charge is 0.123 e. The predicted octanol–water partition coefficient (Wildman–Crippen LogP) is 3.50. The third kappa shape index (κ3) is 3.47. The lowest BCUT2D eigenvalue weighted by Crippen LogP contribution is -2.12. The first-order chi connectivity index (χ1) is 9.60. The van der Waals surface area contributed by atoms with Crippen molar-refractivity contribution in [3.05, 3.63) is 64.4 Å². The molecule has 102 valence electrons. The van der Waals surface area contributed by atoms with Crippen molar-refractivity contribution in [2.75, 3.05) is 11.9 Å². The quantitative estimate of drug-likeness (QED) is 0.906. The first-order valence-electron chi connectivity index (χ1n) is 5.97. The van der Waals surface area contributed by atoms with Crippen molar-refractivity contribution in [1.82, 2.24) is 0 Å². The van der Waals surface area contributed by atoms with Crippen LogP contribution in [0, 0.1) is 17.1 Å². The molecule has 0 spiro atoms. The fraction of sp³-hybridized carbons (Fsp3) is 0.133. The van der Waals surface area contributed by atoms with E-state index in [1.165, 1.54) is 12.1 Å². The number of rotatable bonds is 4. The van der Waals surface area contributed by atoms with E-state index >= 15 is 0 Å². The second-order valence-electron chi connectivity index (χ2n) is 4.26. The van der Waals surface area contributed by atoms with Crippen LogP contribution in [-0.2, 0) is 0 Å². The standard InChI is InChI=1S/C15H12ClFN2O/c16-14-7-13(5-4-11(14)8-18)19-9-15(20)10-2-1-3-12(17)6-10/h1-7,15,19-20H,9H2. The number of aliphatic hydroxyl groups excluding tert-OH is 1. The van der Waals surface area contributed by atoms with Gasteiger partial charge in [-0.15, -0.1) is 0 Å². The topological polar surface area (TPSA) is 56.0 Å². The summed E-state index contributed by atoms with van der Waals surface area (Å²) in [6, 6.07) is 12.7. The Morgan fingerprint density at radius 1 is 1.30 bits per heavy atom. The molecule has 0 saturated carbocycles. The highest BCUT2D eigenvalue weighted by atomic mass is 35.5. The number of nitrogens with one attached hydrogen (secondary N) is 1. The van der Waals surface area contributed by atoms with Gasteiger partial charge >= 0.3 is 0 Å². The second-order valence-corrected chi connectivity index (χ2v) is 4.67. The van der Waals surface area contributed by atoms with Crippen molar-refractivity contribution in [3.8, 4) is 6.07 Å². The third-order valence-corrected chi connectivity index (χ3v) is 3.14. The van der Waals surface area contributed by atoms with Gasteiger partial charge < -0.3 is 10.4 Å². The summed E-state index contributed by atoms with van der Waals surface area (Å²) in [4.78, 5) is 0. The van der Waals surface area contributed by atoms with Crippen molar-refractivity contribution in [2.45, 2.75) is 6.10 Å². The predicted molar refractivity (Wildman–Crippen MR) is 76.0 cm³/mol. The van der Waals surface area contributed by atoms with Crippen LogP contribution in [-0.4, -0.2) is 11.7 Å². The Labute approximate surface area is 121 Å². The van der Waals surface area contributed by atoms with Crippen molar-refractivity contribution in [1.29, 1.82) is 5.26 Å². The van der Waals surface area contributed by atoms with E-state index in [9.17, 15) is 9.50 Å². The minimum atomic E-state index is -0.833. The largest absolute Gasteiger partial charge is 0.387 e. The molecule has 0 aromatic heterocycles. The fourth-order valence-electron chi connectivity index (χ4n) is 1.76. The van der Waals surface area contributed by atoms with Crippen molar-refractivity contribution in [3.63, 3.8) is 0 Å². The molecule has 0 aliphatic rings. The van der Waals surface area contributed by atoms with Crippen molar-refractivity contribution >= 4 is 17.3 Å². The van der Waals surface area contributed by atoms with Crippen LogP contribution in [0.4, 0.5) is 10.1 Å². The van der Waals surface area contributed by atoms with Gasteiger partial charge in [0.05, 0.1) is 16.7 Å². The lowest BCUT2D eigenvalue weighted by Gasteiger charge is -2.13. The average molecular weight is 291 g/mol. The number of halogens is 2. The van der Waals surface area contributed by atoms with E-state index in [4.69, 9.17) is 16.9 Å². The zero-order chi connectivity index (χ0) is 14.5. The SMILES string of the molecule is N#Cc1ccc(NCC(O)c2cccc(F)c2)cc1Cl. The van der Waals surface area contributed by atoms with Crippen molar-refractivity contribution in [2.24, 2.45) is 0 Å². The summed E-state index contributed by atoms with van der Waals surface area (Å²) in [6.45, 7) is 0.214. The summed E-state index contributed by atoms with van der Waals surface area (Å²) < 4.78 is 13.0. The van der Waals surface area contributed by atoms with Crippen LogP contribution in [0.25, 0.3) is 0 Å². The molecule has 0 amide bonds. The van der Waals surface area contributed by atoms with Gasteiger partial charge in [-0.1, -0.05) is 23.7 Å². The number of hydrogen-bond donors (Lipinski definition) is 2. The van der Waals surface area contributed by atoms with E-state index in [1.54, 1.807) is 30.3 Å². The van der Waals surface area contributed by atoms with Crippen LogP contribution in [0.1, 0.15) is 17.2 Å². The molecule has 0 fully saturated rings. The minimum absolute atomic E-state index is 0.214.